The number of carbonyl (C=O) groups is 1. The van der Waals surface area contributed by atoms with Crippen LogP contribution in [-0.2, 0) is 11.2 Å². The Labute approximate surface area is 150 Å². The van der Waals surface area contributed by atoms with Crippen molar-refractivity contribution in [2.24, 2.45) is 0 Å². The smallest absolute Gasteiger partial charge is 0.224 e. The summed E-state index contributed by atoms with van der Waals surface area (Å²) in [7, 11) is 0. The maximum atomic E-state index is 12.4. The molecule has 0 aromatic heterocycles. The minimum absolute atomic E-state index is 0.0328. The quantitative estimate of drug-likeness (QED) is 0.759. The molecule has 4 nitrogen and oxygen atoms in total. The molecular formula is C21H27NO3. The predicted octanol–water partition coefficient (Wildman–Crippen LogP) is 4.67. The summed E-state index contributed by atoms with van der Waals surface area (Å²) in [5.74, 6) is 1.34. The number of carbonyl (C=O) groups excluding carboxylic acids is 1. The van der Waals surface area contributed by atoms with Crippen LogP contribution < -0.4 is 14.8 Å². The van der Waals surface area contributed by atoms with Crippen molar-refractivity contribution in [2.75, 3.05) is 18.5 Å². The third-order valence-corrected chi connectivity index (χ3v) is 3.96. The fraction of sp³-hybridized carbons (Fsp3) is 0.381. The monoisotopic (exact) mass is 341 g/mol. The average Bonchev–Trinajstić information content (AvgIpc) is 2.57. The second-order valence-electron chi connectivity index (χ2n) is 6.00. The van der Waals surface area contributed by atoms with E-state index in [2.05, 4.69) is 37.4 Å². The number of ether oxygens (including phenoxy) is 2. The van der Waals surface area contributed by atoms with Crippen LogP contribution in [-0.4, -0.2) is 19.1 Å². The molecule has 0 saturated carbocycles. The number of nitrogens with one attached hydrogen (secondary N) is 1. The lowest BCUT2D eigenvalue weighted by Crippen LogP contribution is -2.14. The Morgan fingerprint density at radius 3 is 2.44 bits per heavy atom. The average molecular weight is 341 g/mol. The molecular weight excluding hydrogens is 314 g/mol. The van der Waals surface area contributed by atoms with Crippen LogP contribution in [0.2, 0.25) is 0 Å². The Bertz CT molecular complexity index is 725. The summed E-state index contributed by atoms with van der Waals surface area (Å²) in [5, 5.41) is 2.95. The molecule has 0 bridgehead atoms. The fourth-order valence-electron chi connectivity index (χ4n) is 2.73. The van der Waals surface area contributed by atoms with Crippen LogP contribution >= 0.6 is 0 Å². The number of hydrogen-bond donors (Lipinski definition) is 1. The van der Waals surface area contributed by atoms with Crippen molar-refractivity contribution in [1.82, 2.24) is 0 Å². The molecule has 0 heterocycles. The van der Waals surface area contributed by atoms with E-state index in [9.17, 15) is 4.79 Å². The summed E-state index contributed by atoms with van der Waals surface area (Å²) in [6.45, 7) is 9.12. The molecule has 2 rings (SSSR count). The van der Waals surface area contributed by atoms with Gasteiger partial charge in [0.05, 0.1) is 18.9 Å². The molecule has 2 aromatic rings. The van der Waals surface area contributed by atoms with Gasteiger partial charge in [-0.3, -0.25) is 4.79 Å². The van der Waals surface area contributed by atoms with Crippen molar-refractivity contribution in [2.45, 2.75) is 40.5 Å². The van der Waals surface area contributed by atoms with Gasteiger partial charge in [0.2, 0.25) is 5.91 Å². The maximum absolute atomic E-state index is 12.4. The lowest BCUT2D eigenvalue weighted by molar-refractivity contribution is -0.116. The predicted molar refractivity (Wildman–Crippen MR) is 102 cm³/mol. The lowest BCUT2D eigenvalue weighted by atomic mass is 10.0. The molecule has 0 fully saturated rings. The minimum Gasteiger partial charge on any atom is -0.494 e. The summed E-state index contributed by atoms with van der Waals surface area (Å²) in [6.07, 6.45) is 1.14. The fourth-order valence-corrected chi connectivity index (χ4v) is 2.73. The van der Waals surface area contributed by atoms with Gasteiger partial charge in [-0.1, -0.05) is 23.8 Å². The molecule has 0 spiro atoms. The SMILES string of the molecule is CCOc1ccc(OCC)c(NC(=O)CCc2ccc(C)cc2C)c1. The molecule has 134 valence electrons. The largest absolute Gasteiger partial charge is 0.494 e. The van der Waals surface area contributed by atoms with Gasteiger partial charge in [0.1, 0.15) is 11.5 Å². The molecule has 0 aliphatic heterocycles. The Kier molecular flexibility index (Phi) is 6.87. The molecule has 1 N–H and O–H groups in total. The highest BCUT2D eigenvalue weighted by Crippen LogP contribution is 2.29. The highest BCUT2D eigenvalue weighted by Gasteiger charge is 2.10. The first-order chi connectivity index (χ1) is 12.0. The van der Waals surface area contributed by atoms with Gasteiger partial charge in [-0.2, -0.15) is 0 Å². The maximum Gasteiger partial charge on any atom is 0.224 e. The van der Waals surface area contributed by atoms with Crippen LogP contribution in [0, 0.1) is 13.8 Å². The molecule has 0 unspecified atom stereocenters. The standard InChI is InChI=1S/C21H27NO3/c1-5-24-18-10-11-20(25-6-2)19(14-18)22-21(23)12-9-17-8-7-15(3)13-16(17)4/h7-8,10-11,13-14H,5-6,9,12H2,1-4H3,(H,22,23). The van der Waals surface area contributed by atoms with Gasteiger partial charge >= 0.3 is 0 Å². The molecule has 0 saturated heterocycles. The molecule has 1 amide bonds. The number of aryl methyl sites for hydroxylation is 3. The van der Waals surface area contributed by atoms with Gasteiger partial charge in [-0.25, -0.2) is 0 Å². The van der Waals surface area contributed by atoms with Gasteiger partial charge in [0, 0.05) is 12.5 Å². The number of benzene rings is 2. The summed E-state index contributed by atoms with van der Waals surface area (Å²) in [4.78, 5) is 12.4. The number of hydrogen-bond acceptors (Lipinski definition) is 3. The Hall–Kier alpha value is -2.49. The van der Waals surface area contributed by atoms with Crippen LogP contribution in [0.1, 0.15) is 37.0 Å². The van der Waals surface area contributed by atoms with Crippen molar-refractivity contribution in [3.05, 3.63) is 53.1 Å². The Morgan fingerprint density at radius 1 is 1.00 bits per heavy atom. The minimum atomic E-state index is -0.0328. The summed E-state index contributed by atoms with van der Waals surface area (Å²) >= 11 is 0. The summed E-state index contributed by atoms with van der Waals surface area (Å²) < 4.78 is 11.1. The van der Waals surface area contributed by atoms with Crippen LogP contribution in [0.25, 0.3) is 0 Å². The molecule has 0 radical (unpaired) electrons. The van der Waals surface area contributed by atoms with Gasteiger partial charge in [-0.15, -0.1) is 0 Å². The number of rotatable bonds is 8. The third kappa shape index (κ3) is 5.52. The topological polar surface area (TPSA) is 47.6 Å². The van der Waals surface area contributed by atoms with Crippen molar-refractivity contribution < 1.29 is 14.3 Å². The van der Waals surface area contributed by atoms with E-state index in [1.807, 2.05) is 32.0 Å². The van der Waals surface area contributed by atoms with Gasteiger partial charge in [-0.05, 0) is 57.4 Å². The second-order valence-corrected chi connectivity index (χ2v) is 6.00. The van der Waals surface area contributed by atoms with E-state index in [1.165, 1.54) is 16.7 Å². The summed E-state index contributed by atoms with van der Waals surface area (Å²) in [5.41, 5.74) is 4.31. The van der Waals surface area contributed by atoms with Crippen molar-refractivity contribution in [3.63, 3.8) is 0 Å². The van der Waals surface area contributed by atoms with Crippen LogP contribution in [0.3, 0.4) is 0 Å². The highest BCUT2D eigenvalue weighted by atomic mass is 16.5. The van der Waals surface area contributed by atoms with Gasteiger partial charge < -0.3 is 14.8 Å². The van der Waals surface area contributed by atoms with Crippen molar-refractivity contribution >= 4 is 11.6 Å². The molecule has 0 atom stereocenters. The molecule has 2 aromatic carbocycles. The highest BCUT2D eigenvalue weighted by molar-refractivity contribution is 5.92. The van der Waals surface area contributed by atoms with Gasteiger partial charge in [0.25, 0.3) is 0 Å². The number of anilines is 1. The van der Waals surface area contributed by atoms with Gasteiger partial charge in [0.15, 0.2) is 0 Å². The second kappa shape index (κ2) is 9.11. The van der Waals surface area contributed by atoms with E-state index in [0.29, 0.717) is 37.5 Å². The Morgan fingerprint density at radius 2 is 1.76 bits per heavy atom. The lowest BCUT2D eigenvalue weighted by Gasteiger charge is -2.14. The zero-order chi connectivity index (χ0) is 18.2. The zero-order valence-corrected chi connectivity index (χ0v) is 15.5. The van der Waals surface area contributed by atoms with E-state index in [1.54, 1.807) is 0 Å². The van der Waals surface area contributed by atoms with E-state index >= 15 is 0 Å². The van der Waals surface area contributed by atoms with Crippen molar-refractivity contribution in [3.8, 4) is 11.5 Å². The van der Waals surface area contributed by atoms with Crippen LogP contribution in [0.5, 0.6) is 11.5 Å². The first-order valence-corrected chi connectivity index (χ1v) is 8.79. The van der Waals surface area contributed by atoms with Crippen LogP contribution in [0.15, 0.2) is 36.4 Å². The molecule has 0 aliphatic rings. The van der Waals surface area contributed by atoms with E-state index in [0.717, 1.165) is 5.75 Å². The first kappa shape index (κ1) is 18.8. The first-order valence-electron chi connectivity index (χ1n) is 8.79. The zero-order valence-electron chi connectivity index (χ0n) is 15.5. The normalized spacial score (nSPS) is 10.4. The third-order valence-electron chi connectivity index (χ3n) is 3.96. The number of amides is 1. The van der Waals surface area contributed by atoms with E-state index in [4.69, 9.17) is 9.47 Å². The molecule has 0 aliphatic carbocycles. The van der Waals surface area contributed by atoms with Crippen molar-refractivity contribution in [1.29, 1.82) is 0 Å². The summed E-state index contributed by atoms with van der Waals surface area (Å²) in [6, 6.07) is 11.8. The van der Waals surface area contributed by atoms with E-state index in [-0.39, 0.29) is 5.91 Å². The molecule has 25 heavy (non-hydrogen) atoms. The molecule has 4 heteroatoms. The van der Waals surface area contributed by atoms with E-state index < -0.39 is 0 Å². The van der Waals surface area contributed by atoms with Crippen LogP contribution in [0.4, 0.5) is 5.69 Å². The Balaban J connectivity index is 2.04.